The molecule has 1 aliphatic heterocycles. The molecule has 0 unspecified atom stereocenters. The van der Waals surface area contributed by atoms with Gasteiger partial charge >= 0.3 is 0 Å². The lowest BCUT2D eigenvalue weighted by Gasteiger charge is -2.23. The van der Waals surface area contributed by atoms with E-state index in [0.717, 1.165) is 22.1 Å². The first kappa shape index (κ1) is 18.9. The van der Waals surface area contributed by atoms with Crippen molar-refractivity contribution in [2.75, 3.05) is 34.5 Å². The van der Waals surface area contributed by atoms with Crippen molar-refractivity contribution < 1.29 is 23.7 Å². The van der Waals surface area contributed by atoms with Crippen LogP contribution in [0.15, 0.2) is 48.5 Å². The van der Waals surface area contributed by atoms with Crippen molar-refractivity contribution in [1.82, 2.24) is 4.90 Å². The van der Waals surface area contributed by atoms with E-state index in [1.54, 1.807) is 38.3 Å². The van der Waals surface area contributed by atoms with E-state index in [9.17, 15) is 4.79 Å². The molecule has 0 bridgehead atoms. The minimum atomic E-state index is -0.116. The van der Waals surface area contributed by atoms with Crippen molar-refractivity contribution in [1.29, 1.82) is 0 Å². The second-order valence-electron chi connectivity index (χ2n) is 6.91. The molecule has 0 aliphatic carbocycles. The van der Waals surface area contributed by atoms with Crippen LogP contribution >= 0.6 is 0 Å². The van der Waals surface area contributed by atoms with E-state index in [1.165, 1.54) is 0 Å². The number of rotatable bonds is 5. The largest absolute Gasteiger partial charge is 0.497 e. The van der Waals surface area contributed by atoms with Crippen LogP contribution < -0.4 is 18.9 Å². The third kappa shape index (κ3) is 3.78. The fraction of sp³-hybridized carbons (Fsp3) is 0.261. The fourth-order valence-electron chi connectivity index (χ4n) is 3.46. The summed E-state index contributed by atoms with van der Waals surface area (Å²) in [7, 11) is 4.99. The van der Waals surface area contributed by atoms with Crippen LogP contribution in [0.25, 0.3) is 10.8 Å². The fourth-order valence-corrected chi connectivity index (χ4v) is 3.46. The van der Waals surface area contributed by atoms with E-state index in [0.29, 0.717) is 42.6 Å². The molecule has 29 heavy (non-hydrogen) atoms. The van der Waals surface area contributed by atoms with Crippen molar-refractivity contribution >= 4 is 16.7 Å². The van der Waals surface area contributed by atoms with E-state index in [4.69, 9.17) is 18.9 Å². The summed E-state index contributed by atoms with van der Waals surface area (Å²) < 4.78 is 21.9. The first-order chi connectivity index (χ1) is 14.1. The molecule has 0 aromatic heterocycles. The van der Waals surface area contributed by atoms with Gasteiger partial charge in [-0.2, -0.15) is 0 Å². The van der Waals surface area contributed by atoms with Gasteiger partial charge in [0.05, 0.1) is 14.2 Å². The second kappa shape index (κ2) is 7.91. The lowest BCUT2D eigenvalue weighted by atomic mass is 10.1. The average Bonchev–Trinajstić information content (AvgIpc) is 2.77. The standard InChI is InChI=1S/C23H23NO5/c1-24(14-15-4-5-17-11-19(26-2)7-6-16(17)10-15)23(25)18-12-20(27-3)22-21(13-18)28-8-9-29-22/h4-7,10-13H,8-9,14H2,1-3H3. The predicted molar refractivity (Wildman–Crippen MR) is 110 cm³/mol. The maximum absolute atomic E-state index is 13.0. The maximum Gasteiger partial charge on any atom is 0.254 e. The average molecular weight is 393 g/mol. The first-order valence-electron chi connectivity index (χ1n) is 9.39. The highest BCUT2D eigenvalue weighted by molar-refractivity contribution is 5.95. The van der Waals surface area contributed by atoms with Gasteiger partial charge in [0.25, 0.3) is 5.91 Å². The Hall–Kier alpha value is -3.41. The van der Waals surface area contributed by atoms with Crippen molar-refractivity contribution in [3.63, 3.8) is 0 Å². The second-order valence-corrected chi connectivity index (χ2v) is 6.91. The Balaban J connectivity index is 1.56. The van der Waals surface area contributed by atoms with Crippen LogP contribution in [0.1, 0.15) is 15.9 Å². The molecule has 1 amide bonds. The lowest BCUT2D eigenvalue weighted by molar-refractivity contribution is 0.0783. The summed E-state index contributed by atoms with van der Waals surface area (Å²) in [6.07, 6.45) is 0. The summed E-state index contributed by atoms with van der Waals surface area (Å²) in [4.78, 5) is 14.7. The van der Waals surface area contributed by atoms with Crippen LogP contribution in [0.4, 0.5) is 0 Å². The molecule has 0 saturated heterocycles. The Morgan fingerprint density at radius 1 is 0.966 bits per heavy atom. The molecule has 150 valence electrons. The molecule has 0 atom stereocenters. The molecular formula is C23H23NO5. The van der Waals surface area contributed by atoms with Gasteiger partial charge < -0.3 is 23.8 Å². The summed E-state index contributed by atoms with van der Waals surface area (Å²) in [6, 6.07) is 15.5. The third-order valence-corrected chi connectivity index (χ3v) is 4.95. The van der Waals surface area contributed by atoms with Gasteiger partial charge in [0.15, 0.2) is 11.5 Å². The van der Waals surface area contributed by atoms with Crippen molar-refractivity contribution in [2.45, 2.75) is 6.54 Å². The van der Waals surface area contributed by atoms with Crippen LogP contribution in [0.2, 0.25) is 0 Å². The Morgan fingerprint density at radius 2 is 1.72 bits per heavy atom. The van der Waals surface area contributed by atoms with Crippen LogP contribution in [0.3, 0.4) is 0 Å². The number of carbonyl (C=O) groups is 1. The van der Waals surface area contributed by atoms with E-state index in [-0.39, 0.29) is 5.91 Å². The zero-order valence-corrected chi connectivity index (χ0v) is 16.7. The molecule has 4 rings (SSSR count). The Morgan fingerprint density at radius 3 is 2.52 bits per heavy atom. The first-order valence-corrected chi connectivity index (χ1v) is 9.39. The Kier molecular flexibility index (Phi) is 5.16. The normalized spacial score (nSPS) is 12.5. The van der Waals surface area contributed by atoms with Gasteiger partial charge in [-0.1, -0.05) is 18.2 Å². The van der Waals surface area contributed by atoms with Gasteiger partial charge in [-0.25, -0.2) is 0 Å². The number of hydrogen-bond donors (Lipinski definition) is 0. The number of hydrogen-bond acceptors (Lipinski definition) is 5. The highest BCUT2D eigenvalue weighted by atomic mass is 16.6. The van der Waals surface area contributed by atoms with Gasteiger partial charge in [-0.05, 0) is 46.7 Å². The summed E-state index contributed by atoms with van der Waals surface area (Å²) >= 11 is 0. The zero-order valence-electron chi connectivity index (χ0n) is 16.7. The third-order valence-electron chi connectivity index (χ3n) is 4.95. The molecule has 0 spiro atoms. The number of fused-ring (bicyclic) bond motifs is 2. The summed E-state index contributed by atoms with van der Waals surface area (Å²) in [5.41, 5.74) is 1.54. The number of ether oxygens (including phenoxy) is 4. The molecule has 1 heterocycles. The van der Waals surface area contributed by atoms with Gasteiger partial charge in [-0.3, -0.25) is 4.79 Å². The minimum absolute atomic E-state index is 0.116. The Labute approximate surface area is 169 Å². The number of nitrogens with zero attached hydrogens (tertiary/aromatic N) is 1. The van der Waals surface area contributed by atoms with Crippen LogP contribution in [-0.4, -0.2) is 45.3 Å². The number of benzene rings is 3. The zero-order chi connectivity index (χ0) is 20.4. The van der Waals surface area contributed by atoms with E-state index in [2.05, 4.69) is 6.07 Å². The minimum Gasteiger partial charge on any atom is -0.497 e. The van der Waals surface area contributed by atoms with Crippen molar-refractivity contribution in [3.05, 3.63) is 59.7 Å². The molecule has 3 aromatic carbocycles. The lowest BCUT2D eigenvalue weighted by Crippen LogP contribution is -2.26. The van der Waals surface area contributed by atoms with Gasteiger partial charge in [0.1, 0.15) is 19.0 Å². The quantitative estimate of drug-likeness (QED) is 0.658. The highest BCUT2D eigenvalue weighted by Crippen LogP contribution is 2.40. The van der Waals surface area contributed by atoms with Gasteiger partial charge in [0.2, 0.25) is 5.75 Å². The molecule has 6 nitrogen and oxygen atoms in total. The SMILES string of the molecule is COc1ccc2cc(CN(C)C(=O)c3cc(OC)c4c(c3)OCCO4)ccc2c1. The monoisotopic (exact) mass is 393 g/mol. The van der Waals surface area contributed by atoms with Crippen LogP contribution in [0, 0.1) is 0 Å². The van der Waals surface area contributed by atoms with Crippen LogP contribution in [-0.2, 0) is 6.54 Å². The summed E-state index contributed by atoms with van der Waals surface area (Å²) in [5, 5.41) is 2.20. The van der Waals surface area contributed by atoms with E-state index >= 15 is 0 Å². The van der Waals surface area contributed by atoms with Gasteiger partial charge in [-0.15, -0.1) is 0 Å². The summed E-state index contributed by atoms with van der Waals surface area (Å²) in [5.74, 6) is 2.29. The van der Waals surface area contributed by atoms with Crippen molar-refractivity contribution in [2.24, 2.45) is 0 Å². The molecule has 1 aliphatic rings. The summed E-state index contributed by atoms with van der Waals surface area (Å²) in [6.45, 7) is 1.40. The number of carbonyl (C=O) groups excluding carboxylic acids is 1. The topological polar surface area (TPSA) is 57.2 Å². The molecule has 3 aromatic rings. The molecule has 0 fully saturated rings. The number of methoxy groups -OCH3 is 2. The van der Waals surface area contributed by atoms with E-state index < -0.39 is 0 Å². The molecule has 6 heteroatoms. The van der Waals surface area contributed by atoms with Gasteiger partial charge in [0, 0.05) is 19.2 Å². The molecular weight excluding hydrogens is 370 g/mol. The van der Waals surface area contributed by atoms with E-state index in [1.807, 2.05) is 30.3 Å². The van der Waals surface area contributed by atoms with Crippen LogP contribution in [0.5, 0.6) is 23.0 Å². The molecule has 0 N–H and O–H groups in total. The highest BCUT2D eigenvalue weighted by Gasteiger charge is 2.22. The van der Waals surface area contributed by atoms with Crippen molar-refractivity contribution in [3.8, 4) is 23.0 Å². The maximum atomic E-state index is 13.0. The number of amides is 1. The molecule has 0 saturated carbocycles. The predicted octanol–water partition coefficient (Wildman–Crippen LogP) is 3.90. The Bertz CT molecular complexity index is 1050. The smallest absolute Gasteiger partial charge is 0.254 e. The molecule has 0 radical (unpaired) electrons.